The lowest BCUT2D eigenvalue weighted by Gasteiger charge is -2.29. The predicted molar refractivity (Wildman–Crippen MR) is 103 cm³/mol. The number of rotatable bonds is 8. The highest BCUT2D eigenvalue weighted by atomic mass is 16.5. The summed E-state index contributed by atoms with van der Waals surface area (Å²) in [6.45, 7) is 1.61. The van der Waals surface area contributed by atoms with E-state index in [1.54, 1.807) is 11.6 Å². The second-order valence-corrected chi connectivity index (χ2v) is 6.65. The Bertz CT molecular complexity index is 793. The fraction of sp³-hybridized carbons (Fsp3) is 0.333. The Labute approximate surface area is 159 Å². The van der Waals surface area contributed by atoms with Crippen molar-refractivity contribution in [2.45, 2.75) is 25.3 Å². The average molecular weight is 367 g/mol. The highest BCUT2D eigenvalue weighted by Crippen LogP contribution is 2.36. The van der Waals surface area contributed by atoms with Crippen LogP contribution in [0.4, 0.5) is 0 Å². The number of hydrogen-bond donors (Lipinski definition) is 3. The van der Waals surface area contributed by atoms with Gasteiger partial charge in [0.2, 0.25) is 0 Å². The molecule has 6 heteroatoms. The Morgan fingerprint density at radius 1 is 1.30 bits per heavy atom. The van der Waals surface area contributed by atoms with Gasteiger partial charge >= 0.3 is 0 Å². The Morgan fingerprint density at radius 2 is 2.19 bits per heavy atom. The maximum atomic E-state index is 11.1. The van der Waals surface area contributed by atoms with Crippen molar-refractivity contribution in [3.05, 3.63) is 71.1 Å². The molecule has 142 valence electrons. The number of fused-ring (bicyclic) bond motifs is 1. The van der Waals surface area contributed by atoms with Crippen molar-refractivity contribution in [2.24, 2.45) is 0 Å². The number of nitrogens with one attached hydrogen (secondary N) is 1. The molecule has 1 unspecified atom stereocenters. The number of carbonyl (C=O) groups excluding carboxylic acids is 1. The van der Waals surface area contributed by atoms with Gasteiger partial charge in [0, 0.05) is 43.5 Å². The molecule has 27 heavy (non-hydrogen) atoms. The van der Waals surface area contributed by atoms with E-state index in [0.29, 0.717) is 6.54 Å². The van der Waals surface area contributed by atoms with Crippen molar-refractivity contribution in [3.8, 4) is 0 Å². The van der Waals surface area contributed by atoms with Crippen LogP contribution in [0.2, 0.25) is 0 Å². The third kappa shape index (κ3) is 5.01. The molecule has 0 spiro atoms. The number of aliphatic hydroxyl groups is 1. The number of aliphatic hydroxyl groups excluding tert-OH is 1. The maximum Gasteiger partial charge on any atom is 0.267 e. The first-order valence-corrected chi connectivity index (χ1v) is 9.21. The number of nitrogens with zero attached hydrogens (tertiary/aromatic N) is 2. The molecule has 0 fully saturated rings. The minimum atomic E-state index is -0.544. The van der Waals surface area contributed by atoms with E-state index in [2.05, 4.69) is 22.0 Å². The fourth-order valence-electron chi connectivity index (χ4n) is 3.66. The van der Waals surface area contributed by atoms with Crippen LogP contribution in [0.15, 0.2) is 48.7 Å². The van der Waals surface area contributed by atoms with Gasteiger partial charge < -0.3 is 5.11 Å². The zero-order valence-electron chi connectivity index (χ0n) is 15.2. The summed E-state index contributed by atoms with van der Waals surface area (Å²) in [5, 5.41) is 18.1. The molecular weight excluding hydrogens is 342 g/mol. The topological polar surface area (TPSA) is 85.7 Å². The number of carbonyl (C=O) groups is 1. The van der Waals surface area contributed by atoms with Gasteiger partial charge in [-0.1, -0.05) is 24.3 Å². The standard InChI is InChI=1S/C21H25N3O3/c25-14-13-24(12-10-18-3-1-2-11-22-18)20-8-6-17-15-16(4-7-19(17)20)5-9-21(26)23-27/h1-5,7,9,11,15,20,25,27H,6,8,10,12-14H2,(H,23,26). The van der Waals surface area contributed by atoms with Gasteiger partial charge in [-0.15, -0.1) is 0 Å². The van der Waals surface area contributed by atoms with Crippen LogP contribution < -0.4 is 5.48 Å². The van der Waals surface area contributed by atoms with Gasteiger partial charge in [0.1, 0.15) is 0 Å². The van der Waals surface area contributed by atoms with E-state index in [4.69, 9.17) is 5.21 Å². The minimum Gasteiger partial charge on any atom is -0.395 e. The molecule has 0 radical (unpaired) electrons. The molecule has 0 saturated heterocycles. The van der Waals surface area contributed by atoms with Crippen LogP contribution >= 0.6 is 0 Å². The van der Waals surface area contributed by atoms with Crippen LogP contribution in [0.3, 0.4) is 0 Å². The monoisotopic (exact) mass is 367 g/mol. The number of hydrogen-bond acceptors (Lipinski definition) is 5. The molecule has 1 aliphatic rings. The molecule has 6 nitrogen and oxygen atoms in total. The van der Waals surface area contributed by atoms with Crippen molar-refractivity contribution in [1.29, 1.82) is 0 Å². The lowest BCUT2D eigenvalue weighted by Crippen LogP contribution is -2.32. The summed E-state index contributed by atoms with van der Waals surface area (Å²) in [6, 6.07) is 12.4. The normalized spacial score (nSPS) is 16.0. The van der Waals surface area contributed by atoms with Crippen LogP contribution in [-0.2, 0) is 17.6 Å². The SMILES string of the molecule is O=C(C=Cc1ccc2c(c1)CCC2N(CCO)CCc1ccccn1)NO. The molecule has 3 rings (SSSR count). The first kappa shape index (κ1) is 19.2. The van der Waals surface area contributed by atoms with Gasteiger partial charge in [0.25, 0.3) is 5.91 Å². The van der Waals surface area contributed by atoms with E-state index >= 15 is 0 Å². The lowest BCUT2D eigenvalue weighted by atomic mass is 10.0. The number of amides is 1. The average Bonchev–Trinajstić information content (AvgIpc) is 3.13. The van der Waals surface area contributed by atoms with E-state index in [0.717, 1.165) is 37.1 Å². The molecule has 3 N–H and O–H groups in total. The van der Waals surface area contributed by atoms with Crippen LogP contribution in [0, 0.1) is 0 Å². The molecule has 2 aromatic rings. The molecule has 1 amide bonds. The molecule has 1 aromatic heterocycles. The van der Waals surface area contributed by atoms with Crippen LogP contribution in [0.25, 0.3) is 6.08 Å². The number of aromatic nitrogens is 1. The molecule has 1 aliphatic carbocycles. The summed E-state index contributed by atoms with van der Waals surface area (Å²) in [6.07, 6.45) is 7.64. The smallest absolute Gasteiger partial charge is 0.267 e. The number of pyridine rings is 1. The highest BCUT2D eigenvalue weighted by molar-refractivity contribution is 5.90. The van der Waals surface area contributed by atoms with E-state index in [-0.39, 0.29) is 12.6 Å². The first-order chi connectivity index (χ1) is 13.2. The van der Waals surface area contributed by atoms with Gasteiger partial charge in [-0.25, -0.2) is 5.48 Å². The minimum absolute atomic E-state index is 0.130. The van der Waals surface area contributed by atoms with Gasteiger partial charge in [0.15, 0.2) is 0 Å². The zero-order chi connectivity index (χ0) is 19.1. The molecule has 1 atom stereocenters. The van der Waals surface area contributed by atoms with Crippen LogP contribution in [0.1, 0.15) is 34.8 Å². The van der Waals surface area contributed by atoms with E-state index in [9.17, 15) is 9.90 Å². The molecule has 0 bridgehead atoms. The third-order valence-corrected chi connectivity index (χ3v) is 4.96. The summed E-state index contributed by atoms with van der Waals surface area (Å²) in [5.74, 6) is -0.544. The van der Waals surface area contributed by atoms with Gasteiger partial charge in [0.05, 0.1) is 6.61 Å². The molecular formula is C21H25N3O3. The van der Waals surface area contributed by atoms with Crippen molar-refractivity contribution >= 4 is 12.0 Å². The second-order valence-electron chi connectivity index (χ2n) is 6.65. The molecule has 0 saturated carbocycles. The molecule has 0 aliphatic heterocycles. The summed E-state index contributed by atoms with van der Waals surface area (Å²) in [4.78, 5) is 17.9. The predicted octanol–water partition coefficient (Wildman–Crippen LogP) is 2.12. The van der Waals surface area contributed by atoms with Gasteiger partial charge in [-0.05, 0) is 47.7 Å². The van der Waals surface area contributed by atoms with E-state index in [1.807, 2.05) is 30.5 Å². The number of benzene rings is 1. The Hall–Kier alpha value is -2.54. The largest absolute Gasteiger partial charge is 0.395 e. The van der Waals surface area contributed by atoms with Crippen LogP contribution in [0.5, 0.6) is 0 Å². The van der Waals surface area contributed by atoms with Gasteiger partial charge in [-0.3, -0.25) is 19.9 Å². The summed E-state index contributed by atoms with van der Waals surface area (Å²) in [5.41, 5.74) is 6.13. The summed E-state index contributed by atoms with van der Waals surface area (Å²) in [7, 11) is 0. The quantitative estimate of drug-likeness (QED) is 0.378. The molecule has 1 aromatic carbocycles. The highest BCUT2D eigenvalue weighted by Gasteiger charge is 2.27. The number of hydroxylamine groups is 1. The third-order valence-electron chi connectivity index (χ3n) is 4.96. The number of aryl methyl sites for hydroxylation is 1. The fourth-order valence-corrected chi connectivity index (χ4v) is 3.66. The van der Waals surface area contributed by atoms with Crippen LogP contribution in [-0.4, -0.2) is 45.8 Å². The van der Waals surface area contributed by atoms with E-state index < -0.39 is 5.91 Å². The zero-order valence-corrected chi connectivity index (χ0v) is 15.2. The first-order valence-electron chi connectivity index (χ1n) is 9.21. The van der Waals surface area contributed by atoms with Crippen molar-refractivity contribution < 1.29 is 15.1 Å². The van der Waals surface area contributed by atoms with Crippen molar-refractivity contribution in [2.75, 3.05) is 19.7 Å². The maximum absolute atomic E-state index is 11.1. The summed E-state index contributed by atoms with van der Waals surface area (Å²) >= 11 is 0. The second kappa shape index (κ2) is 9.41. The lowest BCUT2D eigenvalue weighted by molar-refractivity contribution is -0.124. The Morgan fingerprint density at radius 3 is 2.93 bits per heavy atom. The van der Waals surface area contributed by atoms with Crippen molar-refractivity contribution in [3.63, 3.8) is 0 Å². The Kier molecular flexibility index (Phi) is 6.70. The Balaban J connectivity index is 1.71. The molecule has 1 heterocycles. The van der Waals surface area contributed by atoms with Gasteiger partial charge in [-0.2, -0.15) is 0 Å². The van der Waals surface area contributed by atoms with E-state index in [1.165, 1.54) is 17.2 Å². The van der Waals surface area contributed by atoms with Crippen molar-refractivity contribution in [1.82, 2.24) is 15.4 Å². The summed E-state index contributed by atoms with van der Waals surface area (Å²) < 4.78 is 0.